The van der Waals surface area contributed by atoms with E-state index in [-0.39, 0.29) is 23.0 Å². The molecule has 0 radical (unpaired) electrons. The molecule has 1 N–H and O–H groups in total. The number of sulfonamides is 1. The number of para-hydroxylation sites is 1. The van der Waals surface area contributed by atoms with Gasteiger partial charge in [0.1, 0.15) is 5.82 Å². The van der Waals surface area contributed by atoms with Gasteiger partial charge in [-0.15, -0.1) is 0 Å². The van der Waals surface area contributed by atoms with E-state index in [1.54, 1.807) is 39.1 Å². The zero-order chi connectivity index (χ0) is 23.3. The van der Waals surface area contributed by atoms with Gasteiger partial charge in [-0.25, -0.2) is 12.8 Å². The Bertz CT molecular complexity index is 1200. The molecular formula is C23H26FN3O4S. The predicted octanol–water partition coefficient (Wildman–Crippen LogP) is 3.12. The molecule has 2 aromatic rings. The Labute approximate surface area is 187 Å². The number of carbonyl (C=O) groups is 2. The molecular weight excluding hydrogens is 433 g/mol. The van der Waals surface area contributed by atoms with Gasteiger partial charge in [-0.2, -0.15) is 4.31 Å². The normalized spacial score (nSPS) is 20.8. The molecule has 1 fully saturated rings. The minimum Gasteiger partial charge on any atom is -0.323 e. The fourth-order valence-corrected chi connectivity index (χ4v) is 5.98. The number of amides is 2. The lowest BCUT2D eigenvalue weighted by molar-refractivity contribution is -0.122. The number of benzene rings is 2. The molecule has 1 atom stereocenters. The highest BCUT2D eigenvalue weighted by Crippen LogP contribution is 2.42. The lowest BCUT2D eigenvalue weighted by Gasteiger charge is -2.31. The monoisotopic (exact) mass is 459 g/mol. The van der Waals surface area contributed by atoms with Gasteiger partial charge < -0.3 is 10.2 Å². The summed E-state index contributed by atoms with van der Waals surface area (Å²) in [5, 5.41) is 2.57. The largest absolute Gasteiger partial charge is 0.323 e. The summed E-state index contributed by atoms with van der Waals surface area (Å²) in [5.41, 5.74) is 0.614. The van der Waals surface area contributed by atoms with Crippen LogP contribution in [0.2, 0.25) is 0 Å². The molecule has 7 nitrogen and oxygen atoms in total. The molecule has 0 unspecified atom stereocenters. The Morgan fingerprint density at radius 2 is 1.91 bits per heavy atom. The number of nitrogens with zero attached hydrogens (tertiary/aromatic N) is 2. The first kappa shape index (κ1) is 22.4. The maximum absolute atomic E-state index is 13.9. The van der Waals surface area contributed by atoms with Crippen molar-refractivity contribution in [2.75, 3.05) is 30.4 Å². The molecule has 4 rings (SSSR count). The second-order valence-corrected chi connectivity index (χ2v) is 10.8. The molecule has 170 valence electrons. The van der Waals surface area contributed by atoms with Gasteiger partial charge in [0.25, 0.3) is 0 Å². The highest BCUT2D eigenvalue weighted by atomic mass is 32.2. The van der Waals surface area contributed by atoms with Gasteiger partial charge in [-0.05, 0) is 62.6 Å². The summed E-state index contributed by atoms with van der Waals surface area (Å²) in [7, 11) is -2.19. The van der Waals surface area contributed by atoms with Crippen LogP contribution in [0.1, 0.15) is 32.3 Å². The molecule has 0 bridgehead atoms. The van der Waals surface area contributed by atoms with Crippen molar-refractivity contribution < 1.29 is 22.4 Å². The Balaban J connectivity index is 1.56. The van der Waals surface area contributed by atoms with Crippen molar-refractivity contribution in [3.05, 3.63) is 53.8 Å². The Morgan fingerprint density at radius 3 is 2.62 bits per heavy atom. The van der Waals surface area contributed by atoms with Crippen molar-refractivity contribution in [3.8, 4) is 0 Å². The van der Waals surface area contributed by atoms with Crippen molar-refractivity contribution >= 4 is 33.2 Å². The van der Waals surface area contributed by atoms with E-state index in [1.807, 2.05) is 0 Å². The van der Waals surface area contributed by atoms with Gasteiger partial charge in [0.2, 0.25) is 21.8 Å². The number of carbonyl (C=O) groups excluding carboxylic acids is 2. The molecule has 2 amide bonds. The number of nitrogens with one attached hydrogen (secondary N) is 1. The van der Waals surface area contributed by atoms with E-state index >= 15 is 0 Å². The number of piperidine rings is 1. The van der Waals surface area contributed by atoms with Gasteiger partial charge in [0.15, 0.2) is 0 Å². The summed E-state index contributed by atoms with van der Waals surface area (Å²) < 4.78 is 41.9. The summed E-state index contributed by atoms with van der Waals surface area (Å²) in [6.07, 6.45) is 1.04. The van der Waals surface area contributed by atoms with Crippen LogP contribution < -0.4 is 10.2 Å². The Kier molecular flexibility index (Phi) is 5.58. The van der Waals surface area contributed by atoms with Crippen molar-refractivity contribution in [1.82, 2.24) is 4.31 Å². The van der Waals surface area contributed by atoms with Crippen LogP contribution in [0, 0.1) is 11.7 Å². The minimum absolute atomic E-state index is 0.0158. The molecule has 0 spiro atoms. The van der Waals surface area contributed by atoms with E-state index < -0.39 is 33.1 Å². The predicted molar refractivity (Wildman–Crippen MR) is 119 cm³/mol. The zero-order valence-electron chi connectivity index (χ0n) is 18.3. The molecule has 2 aromatic carbocycles. The summed E-state index contributed by atoms with van der Waals surface area (Å²) in [5.74, 6) is -1.62. The highest BCUT2D eigenvalue weighted by molar-refractivity contribution is 7.89. The first-order chi connectivity index (χ1) is 15.0. The average molecular weight is 460 g/mol. The van der Waals surface area contributed by atoms with Crippen LogP contribution in [0.4, 0.5) is 15.8 Å². The van der Waals surface area contributed by atoms with Gasteiger partial charge >= 0.3 is 0 Å². The van der Waals surface area contributed by atoms with Crippen LogP contribution in [0.3, 0.4) is 0 Å². The van der Waals surface area contributed by atoms with E-state index in [9.17, 15) is 22.4 Å². The fourth-order valence-electron chi connectivity index (χ4n) is 4.43. The third-order valence-electron chi connectivity index (χ3n) is 6.37. The molecule has 32 heavy (non-hydrogen) atoms. The number of rotatable bonds is 4. The molecule has 2 heterocycles. The third kappa shape index (κ3) is 3.69. The van der Waals surface area contributed by atoms with Crippen molar-refractivity contribution in [2.45, 2.75) is 37.0 Å². The smallest absolute Gasteiger partial charge is 0.243 e. The van der Waals surface area contributed by atoms with Crippen LogP contribution >= 0.6 is 0 Å². The maximum atomic E-state index is 13.9. The maximum Gasteiger partial charge on any atom is 0.243 e. The summed E-state index contributed by atoms with van der Waals surface area (Å²) in [4.78, 5) is 26.9. The van der Waals surface area contributed by atoms with E-state index in [0.717, 1.165) is 0 Å². The number of fused-ring (bicyclic) bond motifs is 1. The topological polar surface area (TPSA) is 86.8 Å². The summed E-state index contributed by atoms with van der Waals surface area (Å²) in [6, 6.07) is 10.6. The van der Waals surface area contributed by atoms with Crippen molar-refractivity contribution in [1.29, 1.82) is 0 Å². The van der Waals surface area contributed by atoms with Crippen molar-refractivity contribution in [2.24, 2.45) is 5.92 Å². The molecule has 1 saturated heterocycles. The molecule has 2 aliphatic rings. The lowest BCUT2D eigenvalue weighted by atomic mass is 9.86. The lowest BCUT2D eigenvalue weighted by Crippen LogP contribution is -2.43. The number of hydrogen-bond donors (Lipinski definition) is 1. The zero-order valence-corrected chi connectivity index (χ0v) is 19.1. The number of anilines is 2. The first-order valence-corrected chi connectivity index (χ1v) is 12.0. The number of hydrogen-bond acceptors (Lipinski definition) is 4. The Morgan fingerprint density at radius 1 is 1.19 bits per heavy atom. The van der Waals surface area contributed by atoms with Crippen molar-refractivity contribution in [3.63, 3.8) is 0 Å². The van der Waals surface area contributed by atoms with E-state index in [4.69, 9.17) is 0 Å². The first-order valence-electron chi connectivity index (χ1n) is 10.5. The number of halogens is 1. The quantitative estimate of drug-likeness (QED) is 0.761. The SMILES string of the molecule is CN1C(=O)C(C)(C)c2cc(S(=O)(=O)N3CCC[C@H](C(=O)Nc4ccccc4F)C3)ccc21. The summed E-state index contributed by atoms with van der Waals surface area (Å²) in [6.45, 7) is 3.86. The Hall–Kier alpha value is -2.78. The second-order valence-electron chi connectivity index (χ2n) is 8.84. The van der Waals surface area contributed by atoms with Gasteiger partial charge in [-0.1, -0.05) is 12.1 Å². The molecule has 0 saturated carbocycles. The van der Waals surface area contributed by atoms with Crippen LogP contribution in [0.25, 0.3) is 0 Å². The number of likely N-dealkylation sites (N-methyl/N-ethyl adjacent to an activating group) is 1. The van der Waals surface area contributed by atoms with Crippen LogP contribution in [-0.2, 0) is 25.0 Å². The minimum atomic E-state index is -3.87. The molecule has 2 aliphatic heterocycles. The van der Waals surface area contributed by atoms with E-state index in [1.165, 1.54) is 33.5 Å². The molecule has 0 aliphatic carbocycles. The van der Waals surface area contributed by atoms with E-state index in [0.29, 0.717) is 30.6 Å². The van der Waals surface area contributed by atoms with Crippen LogP contribution in [0.5, 0.6) is 0 Å². The highest BCUT2D eigenvalue weighted by Gasteiger charge is 2.43. The fraction of sp³-hybridized carbons (Fsp3) is 0.391. The molecule has 9 heteroatoms. The molecule has 0 aromatic heterocycles. The second kappa shape index (κ2) is 7.97. The third-order valence-corrected chi connectivity index (χ3v) is 8.23. The summed E-state index contributed by atoms with van der Waals surface area (Å²) >= 11 is 0. The van der Waals surface area contributed by atoms with Gasteiger partial charge in [-0.3, -0.25) is 9.59 Å². The average Bonchev–Trinajstić information content (AvgIpc) is 2.95. The van der Waals surface area contributed by atoms with Gasteiger partial charge in [0.05, 0.1) is 21.9 Å². The van der Waals surface area contributed by atoms with E-state index in [2.05, 4.69) is 5.32 Å². The van der Waals surface area contributed by atoms with Crippen LogP contribution in [-0.4, -0.2) is 44.7 Å². The standard InChI is InChI=1S/C23H26FN3O4S/c1-23(2)17-13-16(10-11-20(17)26(3)22(23)29)32(30,31)27-12-6-7-15(14-27)21(28)25-19-9-5-4-8-18(19)24/h4-5,8-11,13,15H,6-7,12,14H2,1-3H3,(H,25,28)/t15-/m0/s1. The van der Waals surface area contributed by atoms with Crippen LogP contribution in [0.15, 0.2) is 47.4 Å². The van der Waals surface area contributed by atoms with Gasteiger partial charge in [0, 0.05) is 25.8 Å².